The minimum absolute atomic E-state index is 0.311. The normalized spacial score (nSPS) is 26.9. The van der Waals surface area contributed by atoms with Crippen LogP contribution >= 0.6 is 0 Å². The Morgan fingerprint density at radius 3 is 2.89 bits per heavy atom. The molecule has 0 aromatic carbocycles. The van der Waals surface area contributed by atoms with Crippen LogP contribution in [0.25, 0.3) is 0 Å². The second kappa shape index (κ2) is 4.86. The standard InChI is InChI=1S/C14H21NO3/c1-4-17-12-7-11(8-15-9-12)14(16)5-6-18-13(2,3)10-14/h7-9,16H,4-6,10H2,1-3H3. The maximum Gasteiger partial charge on any atom is 0.137 e. The van der Waals surface area contributed by atoms with Gasteiger partial charge in [0.15, 0.2) is 0 Å². The molecular weight excluding hydrogens is 230 g/mol. The van der Waals surface area contributed by atoms with Gasteiger partial charge >= 0.3 is 0 Å². The molecule has 0 spiro atoms. The molecule has 1 unspecified atom stereocenters. The number of hydrogen-bond acceptors (Lipinski definition) is 4. The van der Waals surface area contributed by atoms with E-state index in [1.54, 1.807) is 12.4 Å². The molecule has 4 heteroatoms. The summed E-state index contributed by atoms with van der Waals surface area (Å²) in [4.78, 5) is 4.15. The van der Waals surface area contributed by atoms with Crippen molar-refractivity contribution in [3.05, 3.63) is 24.0 Å². The van der Waals surface area contributed by atoms with Crippen LogP contribution in [0.2, 0.25) is 0 Å². The van der Waals surface area contributed by atoms with Crippen LogP contribution in [-0.2, 0) is 10.3 Å². The van der Waals surface area contributed by atoms with Crippen molar-refractivity contribution in [1.29, 1.82) is 0 Å². The van der Waals surface area contributed by atoms with Crippen LogP contribution in [0.3, 0.4) is 0 Å². The fourth-order valence-electron chi connectivity index (χ4n) is 2.51. The van der Waals surface area contributed by atoms with Crippen molar-refractivity contribution >= 4 is 0 Å². The monoisotopic (exact) mass is 251 g/mol. The van der Waals surface area contributed by atoms with Crippen molar-refractivity contribution in [2.24, 2.45) is 0 Å². The first kappa shape index (κ1) is 13.3. The van der Waals surface area contributed by atoms with Gasteiger partial charge in [0.25, 0.3) is 0 Å². The van der Waals surface area contributed by atoms with Gasteiger partial charge in [-0.2, -0.15) is 0 Å². The van der Waals surface area contributed by atoms with E-state index in [9.17, 15) is 5.11 Å². The highest BCUT2D eigenvalue weighted by Gasteiger charge is 2.41. The second-order valence-electron chi connectivity index (χ2n) is 5.41. The Morgan fingerprint density at radius 2 is 2.22 bits per heavy atom. The molecule has 0 radical (unpaired) electrons. The van der Waals surface area contributed by atoms with Gasteiger partial charge in [-0.05, 0) is 26.8 Å². The van der Waals surface area contributed by atoms with Crippen LogP contribution < -0.4 is 4.74 Å². The van der Waals surface area contributed by atoms with E-state index >= 15 is 0 Å². The first-order valence-corrected chi connectivity index (χ1v) is 6.40. The zero-order valence-corrected chi connectivity index (χ0v) is 11.3. The van der Waals surface area contributed by atoms with Crippen LogP contribution in [-0.4, -0.2) is 28.9 Å². The average Bonchev–Trinajstić information content (AvgIpc) is 2.28. The Balaban J connectivity index is 2.26. The van der Waals surface area contributed by atoms with Crippen molar-refractivity contribution in [3.8, 4) is 5.75 Å². The van der Waals surface area contributed by atoms with E-state index in [1.165, 1.54) is 0 Å². The van der Waals surface area contributed by atoms with Gasteiger partial charge < -0.3 is 14.6 Å². The van der Waals surface area contributed by atoms with Crippen LogP contribution in [0, 0.1) is 0 Å². The molecule has 0 amide bonds. The maximum atomic E-state index is 10.8. The molecule has 0 saturated carbocycles. The predicted molar refractivity (Wildman–Crippen MR) is 68.6 cm³/mol. The number of nitrogens with zero attached hydrogens (tertiary/aromatic N) is 1. The van der Waals surface area contributed by atoms with Crippen molar-refractivity contribution in [1.82, 2.24) is 4.98 Å². The number of aliphatic hydroxyl groups is 1. The lowest BCUT2D eigenvalue weighted by molar-refractivity contribution is -0.148. The molecule has 1 fully saturated rings. The Bertz CT molecular complexity index is 419. The molecule has 1 aromatic heterocycles. The van der Waals surface area contributed by atoms with Gasteiger partial charge in [-0.15, -0.1) is 0 Å². The van der Waals surface area contributed by atoms with Crippen LogP contribution in [0.15, 0.2) is 18.5 Å². The molecule has 0 bridgehead atoms. The topological polar surface area (TPSA) is 51.6 Å². The summed E-state index contributed by atoms with van der Waals surface area (Å²) in [6.07, 6.45) is 4.54. The Labute approximate surface area is 108 Å². The fourth-order valence-corrected chi connectivity index (χ4v) is 2.51. The molecule has 2 heterocycles. The van der Waals surface area contributed by atoms with Gasteiger partial charge in [0.05, 0.1) is 30.6 Å². The quantitative estimate of drug-likeness (QED) is 0.895. The van der Waals surface area contributed by atoms with Gasteiger partial charge in [-0.25, -0.2) is 0 Å². The zero-order valence-electron chi connectivity index (χ0n) is 11.3. The molecule has 2 rings (SSSR count). The summed E-state index contributed by atoms with van der Waals surface area (Å²) in [6, 6.07) is 1.87. The highest BCUT2D eigenvalue weighted by molar-refractivity contribution is 5.29. The highest BCUT2D eigenvalue weighted by atomic mass is 16.5. The van der Waals surface area contributed by atoms with Gasteiger partial charge in [0.2, 0.25) is 0 Å². The molecule has 1 N–H and O–H groups in total. The smallest absolute Gasteiger partial charge is 0.137 e. The molecule has 18 heavy (non-hydrogen) atoms. The van der Waals surface area contributed by atoms with Gasteiger partial charge in [0, 0.05) is 24.6 Å². The molecule has 1 atom stereocenters. The van der Waals surface area contributed by atoms with E-state index in [2.05, 4.69) is 4.98 Å². The van der Waals surface area contributed by atoms with E-state index in [-0.39, 0.29) is 5.60 Å². The lowest BCUT2D eigenvalue weighted by atomic mass is 9.80. The largest absolute Gasteiger partial charge is 0.492 e. The van der Waals surface area contributed by atoms with Gasteiger partial charge in [0.1, 0.15) is 5.75 Å². The Hall–Kier alpha value is -1.13. The van der Waals surface area contributed by atoms with Crippen molar-refractivity contribution in [2.45, 2.75) is 44.8 Å². The van der Waals surface area contributed by atoms with Crippen molar-refractivity contribution in [3.63, 3.8) is 0 Å². The maximum absolute atomic E-state index is 10.8. The van der Waals surface area contributed by atoms with Gasteiger partial charge in [-0.3, -0.25) is 4.98 Å². The minimum atomic E-state index is -0.873. The van der Waals surface area contributed by atoms with E-state index in [4.69, 9.17) is 9.47 Å². The summed E-state index contributed by atoms with van der Waals surface area (Å²) < 4.78 is 11.1. The lowest BCUT2D eigenvalue weighted by Crippen LogP contribution is -2.43. The lowest BCUT2D eigenvalue weighted by Gasteiger charge is -2.41. The predicted octanol–water partition coefficient (Wildman–Crippen LogP) is 2.26. The molecule has 1 aromatic rings. The van der Waals surface area contributed by atoms with Crippen molar-refractivity contribution < 1.29 is 14.6 Å². The summed E-state index contributed by atoms with van der Waals surface area (Å²) in [5.41, 5.74) is -0.374. The minimum Gasteiger partial charge on any atom is -0.492 e. The number of aromatic nitrogens is 1. The first-order chi connectivity index (χ1) is 8.45. The SMILES string of the molecule is CCOc1cncc(C2(O)CCOC(C)(C)C2)c1. The summed E-state index contributed by atoms with van der Waals surface area (Å²) in [5.74, 6) is 0.702. The average molecular weight is 251 g/mol. The molecular formula is C14H21NO3. The second-order valence-corrected chi connectivity index (χ2v) is 5.41. The van der Waals surface area contributed by atoms with E-state index in [0.29, 0.717) is 31.8 Å². The summed E-state index contributed by atoms with van der Waals surface area (Å²) in [6.45, 7) is 7.08. The number of pyridine rings is 1. The number of hydrogen-bond donors (Lipinski definition) is 1. The zero-order chi connectivity index (χ0) is 13.2. The Kier molecular flexibility index (Phi) is 3.59. The third-order valence-electron chi connectivity index (χ3n) is 3.29. The van der Waals surface area contributed by atoms with Gasteiger partial charge in [-0.1, -0.05) is 0 Å². The molecule has 100 valence electrons. The number of ether oxygens (including phenoxy) is 2. The van der Waals surface area contributed by atoms with Crippen molar-refractivity contribution in [2.75, 3.05) is 13.2 Å². The molecule has 1 saturated heterocycles. The summed E-state index contributed by atoms with van der Waals surface area (Å²) >= 11 is 0. The third kappa shape index (κ3) is 2.82. The molecule has 4 nitrogen and oxygen atoms in total. The summed E-state index contributed by atoms with van der Waals surface area (Å²) in [7, 11) is 0. The number of rotatable bonds is 3. The molecule has 0 aliphatic carbocycles. The van der Waals surface area contributed by atoms with Crippen LogP contribution in [0.1, 0.15) is 39.2 Å². The Morgan fingerprint density at radius 1 is 1.44 bits per heavy atom. The van der Waals surface area contributed by atoms with E-state index in [0.717, 1.165) is 5.56 Å². The van der Waals surface area contributed by atoms with Crippen LogP contribution in [0.4, 0.5) is 0 Å². The molecule has 1 aliphatic heterocycles. The third-order valence-corrected chi connectivity index (χ3v) is 3.29. The summed E-state index contributed by atoms with van der Waals surface area (Å²) in [5, 5.41) is 10.8. The van der Waals surface area contributed by atoms with E-state index in [1.807, 2.05) is 26.8 Å². The first-order valence-electron chi connectivity index (χ1n) is 6.40. The fraction of sp³-hybridized carbons (Fsp3) is 0.643. The highest BCUT2D eigenvalue weighted by Crippen LogP contribution is 2.39. The van der Waals surface area contributed by atoms with E-state index < -0.39 is 5.60 Å². The van der Waals surface area contributed by atoms with Crippen LogP contribution in [0.5, 0.6) is 5.75 Å². The molecule has 1 aliphatic rings.